The van der Waals surface area contributed by atoms with E-state index in [9.17, 15) is 5.11 Å². The Labute approximate surface area is 142 Å². The Balaban J connectivity index is 1.43. The number of rotatable bonds is 4. The van der Waals surface area contributed by atoms with Crippen LogP contribution in [0.4, 0.5) is 0 Å². The maximum Gasteiger partial charge on any atom is 0.118 e. The molecule has 1 saturated carbocycles. The van der Waals surface area contributed by atoms with Crippen LogP contribution in [-0.2, 0) is 6.54 Å². The number of nitrogens with zero attached hydrogens (tertiary/aromatic N) is 2. The molecule has 2 aliphatic rings. The zero-order valence-electron chi connectivity index (χ0n) is 14.2. The van der Waals surface area contributed by atoms with E-state index in [4.69, 9.17) is 4.74 Å². The summed E-state index contributed by atoms with van der Waals surface area (Å²) < 4.78 is 5.23. The highest BCUT2D eigenvalue weighted by atomic mass is 16.5. The summed E-state index contributed by atoms with van der Waals surface area (Å²) in [6, 6.07) is 8.07. The predicted octanol–water partition coefficient (Wildman–Crippen LogP) is 2.82. The lowest BCUT2D eigenvalue weighted by Gasteiger charge is -2.51. The van der Waals surface area contributed by atoms with Gasteiger partial charge in [-0.25, -0.2) is 0 Å². The number of aromatic nitrogens is 2. The number of methoxy groups -OCH3 is 1. The number of aliphatic hydroxyl groups excluding tert-OH is 1. The van der Waals surface area contributed by atoms with Crippen molar-refractivity contribution in [1.82, 2.24) is 15.1 Å². The monoisotopic (exact) mass is 327 g/mol. The van der Waals surface area contributed by atoms with Gasteiger partial charge >= 0.3 is 0 Å². The van der Waals surface area contributed by atoms with Crippen LogP contribution in [0.1, 0.15) is 31.2 Å². The number of hydrogen-bond acceptors (Lipinski definition) is 4. The zero-order chi connectivity index (χ0) is 16.6. The van der Waals surface area contributed by atoms with Crippen molar-refractivity contribution in [3.63, 3.8) is 0 Å². The molecule has 2 aromatic rings. The molecule has 4 rings (SSSR count). The summed E-state index contributed by atoms with van der Waals surface area (Å²) in [4.78, 5) is 2.48. The molecule has 0 amide bonds. The third kappa shape index (κ3) is 2.72. The lowest BCUT2D eigenvalue weighted by molar-refractivity contribution is -0.100. The van der Waals surface area contributed by atoms with E-state index in [2.05, 4.69) is 27.2 Å². The van der Waals surface area contributed by atoms with Gasteiger partial charge < -0.3 is 9.84 Å². The molecule has 5 nitrogen and oxygen atoms in total. The topological polar surface area (TPSA) is 61.4 Å². The van der Waals surface area contributed by atoms with Gasteiger partial charge in [0.2, 0.25) is 0 Å². The molecule has 24 heavy (non-hydrogen) atoms. The second kappa shape index (κ2) is 6.22. The minimum Gasteiger partial charge on any atom is -0.497 e. The van der Waals surface area contributed by atoms with Crippen LogP contribution in [0, 0.1) is 5.41 Å². The van der Waals surface area contributed by atoms with E-state index in [0.29, 0.717) is 0 Å². The molecule has 2 N–H and O–H groups in total. The molecule has 2 fully saturated rings. The van der Waals surface area contributed by atoms with Gasteiger partial charge in [-0.3, -0.25) is 10.00 Å². The lowest BCUT2D eigenvalue weighted by atomic mass is 9.61. The second-order valence-corrected chi connectivity index (χ2v) is 7.19. The van der Waals surface area contributed by atoms with Crippen molar-refractivity contribution < 1.29 is 9.84 Å². The lowest BCUT2D eigenvalue weighted by Crippen LogP contribution is -2.51. The highest BCUT2D eigenvalue weighted by molar-refractivity contribution is 5.63. The van der Waals surface area contributed by atoms with Crippen molar-refractivity contribution in [1.29, 1.82) is 0 Å². The fourth-order valence-corrected chi connectivity index (χ4v) is 4.10. The van der Waals surface area contributed by atoms with E-state index in [1.165, 1.54) is 12.0 Å². The Morgan fingerprint density at radius 1 is 1.25 bits per heavy atom. The summed E-state index contributed by atoms with van der Waals surface area (Å²) in [5.74, 6) is 0.861. The van der Waals surface area contributed by atoms with Gasteiger partial charge in [-0.2, -0.15) is 5.10 Å². The summed E-state index contributed by atoms with van der Waals surface area (Å²) in [7, 11) is 1.68. The molecular weight excluding hydrogens is 302 g/mol. The Morgan fingerprint density at radius 2 is 2.00 bits per heavy atom. The van der Waals surface area contributed by atoms with Crippen molar-refractivity contribution in [3.05, 3.63) is 36.0 Å². The summed E-state index contributed by atoms with van der Waals surface area (Å²) in [5, 5.41) is 17.4. The molecule has 1 aliphatic carbocycles. The van der Waals surface area contributed by atoms with Crippen LogP contribution in [0.3, 0.4) is 0 Å². The van der Waals surface area contributed by atoms with E-state index in [1.54, 1.807) is 7.11 Å². The van der Waals surface area contributed by atoms with Crippen molar-refractivity contribution in [3.8, 4) is 17.0 Å². The number of benzene rings is 1. The van der Waals surface area contributed by atoms with Gasteiger partial charge in [-0.15, -0.1) is 0 Å². The molecule has 0 radical (unpaired) electrons. The number of H-pyrrole nitrogens is 1. The number of hydrogen-bond donors (Lipinski definition) is 2. The van der Waals surface area contributed by atoms with Gasteiger partial charge in [0.25, 0.3) is 0 Å². The fourth-order valence-electron chi connectivity index (χ4n) is 4.10. The SMILES string of the molecule is COc1ccc(-c2[nH]ncc2CN2CCC3(CCC3O)CC2)cc1. The number of nitrogens with one attached hydrogen (secondary N) is 1. The molecule has 5 heteroatoms. The van der Waals surface area contributed by atoms with Crippen molar-refractivity contribution in [2.75, 3.05) is 20.2 Å². The van der Waals surface area contributed by atoms with Gasteiger partial charge in [0.1, 0.15) is 5.75 Å². The van der Waals surface area contributed by atoms with Gasteiger partial charge in [0.15, 0.2) is 0 Å². The van der Waals surface area contributed by atoms with Gasteiger partial charge in [-0.1, -0.05) is 0 Å². The standard InChI is InChI=1S/C19H25N3O2/c1-24-16-4-2-14(3-5-16)18-15(12-20-21-18)13-22-10-8-19(9-11-22)7-6-17(19)23/h2-5,12,17,23H,6-11,13H2,1H3,(H,20,21). The van der Waals surface area contributed by atoms with Gasteiger partial charge in [0.05, 0.1) is 25.1 Å². The van der Waals surface area contributed by atoms with Crippen molar-refractivity contribution >= 4 is 0 Å². The molecule has 1 spiro atoms. The van der Waals surface area contributed by atoms with Crippen LogP contribution in [0.5, 0.6) is 5.75 Å². The summed E-state index contributed by atoms with van der Waals surface area (Å²) in [6.07, 6.45) is 6.28. The third-order valence-corrected chi connectivity index (χ3v) is 5.96. The van der Waals surface area contributed by atoms with E-state index in [-0.39, 0.29) is 11.5 Å². The van der Waals surface area contributed by atoms with E-state index < -0.39 is 0 Å². The molecule has 1 atom stereocenters. The number of aromatic amines is 1. The van der Waals surface area contributed by atoms with Gasteiger partial charge in [0, 0.05) is 17.7 Å². The average Bonchev–Trinajstić information content (AvgIpc) is 3.09. The minimum atomic E-state index is -0.0663. The first-order valence-electron chi connectivity index (χ1n) is 8.77. The molecular formula is C19H25N3O2. The van der Waals surface area contributed by atoms with Crippen molar-refractivity contribution in [2.45, 2.75) is 38.3 Å². The fraction of sp³-hybridized carbons (Fsp3) is 0.526. The van der Waals surface area contributed by atoms with Crippen LogP contribution < -0.4 is 4.74 Å². The quantitative estimate of drug-likeness (QED) is 0.906. The average molecular weight is 327 g/mol. The highest BCUT2D eigenvalue weighted by Crippen LogP contribution is 2.49. The van der Waals surface area contributed by atoms with E-state index in [0.717, 1.165) is 55.9 Å². The number of likely N-dealkylation sites (tertiary alicyclic amines) is 1. The highest BCUT2D eigenvalue weighted by Gasteiger charge is 2.47. The maximum atomic E-state index is 10.1. The van der Waals surface area contributed by atoms with Crippen LogP contribution in [0.2, 0.25) is 0 Å². The number of ether oxygens (including phenoxy) is 1. The maximum absolute atomic E-state index is 10.1. The van der Waals surface area contributed by atoms with Crippen LogP contribution in [-0.4, -0.2) is 46.5 Å². The Morgan fingerprint density at radius 3 is 2.58 bits per heavy atom. The van der Waals surface area contributed by atoms with Crippen LogP contribution >= 0.6 is 0 Å². The molecule has 1 saturated heterocycles. The first kappa shape index (κ1) is 15.7. The first-order chi connectivity index (χ1) is 11.7. The molecule has 1 unspecified atom stereocenters. The van der Waals surface area contributed by atoms with Crippen molar-refractivity contribution in [2.24, 2.45) is 5.41 Å². The van der Waals surface area contributed by atoms with Crippen LogP contribution in [0.25, 0.3) is 11.3 Å². The molecule has 1 aromatic carbocycles. The Bertz CT molecular complexity index is 687. The molecule has 128 valence electrons. The summed E-state index contributed by atoms with van der Waals surface area (Å²) in [5.41, 5.74) is 3.67. The first-order valence-corrected chi connectivity index (χ1v) is 8.77. The summed E-state index contributed by atoms with van der Waals surface area (Å²) in [6.45, 7) is 3.03. The number of piperidine rings is 1. The summed E-state index contributed by atoms with van der Waals surface area (Å²) >= 11 is 0. The zero-order valence-corrected chi connectivity index (χ0v) is 14.2. The largest absolute Gasteiger partial charge is 0.497 e. The van der Waals surface area contributed by atoms with E-state index >= 15 is 0 Å². The smallest absolute Gasteiger partial charge is 0.118 e. The molecule has 1 aliphatic heterocycles. The third-order valence-electron chi connectivity index (χ3n) is 5.96. The Kier molecular flexibility index (Phi) is 4.06. The molecule has 0 bridgehead atoms. The van der Waals surface area contributed by atoms with Gasteiger partial charge in [-0.05, 0) is 68.5 Å². The Hall–Kier alpha value is -1.85. The predicted molar refractivity (Wildman–Crippen MR) is 92.8 cm³/mol. The normalized spacial score (nSPS) is 23.2. The molecule has 1 aromatic heterocycles. The molecule has 2 heterocycles. The van der Waals surface area contributed by atoms with Crippen LogP contribution in [0.15, 0.2) is 30.5 Å². The minimum absolute atomic E-state index is 0.0663. The second-order valence-electron chi connectivity index (χ2n) is 7.19. The number of aliphatic hydroxyl groups is 1. The van der Waals surface area contributed by atoms with E-state index in [1.807, 2.05) is 18.3 Å².